The number of hydrogen-bond donors (Lipinski definition) is 1. The lowest BCUT2D eigenvalue weighted by Gasteiger charge is -2.25. The molecule has 0 atom stereocenters. The Morgan fingerprint density at radius 2 is 1.81 bits per heavy atom. The summed E-state index contributed by atoms with van der Waals surface area (Å²) in [4.78, 5) is 0. The first-order valence-electron chi connectivity index (χ1n) is 5.65. The molecule has 0 amide bonds. The quantitative estimate of drug-likeness (QED) is 0.853. The summed E-state index contributed by atoms with van der Waals surface area (Å²) in [5.41, 5.74) is 0.117. The Bertz CT molecular complexity index is 367. The van der Waals surface area contributed by atoms with E-state index in [4.69, 9.17) is 9.47 Å². The van der Waals surface area contributed by atoms with Crippen molar-refractivity contribution in [2.75, 3.05) is 14.2 Å². The Morgan fingerprint density at radius 3 is 2.38 bits per heavy atom. The molecule has 1 aromatic carbocycles. The Kier molecular flexibility index (Phi) is 3.06. The van der Waals surface area contributed by atoms with E-state index in [1.165, 1.54) is 0 Å². The molecule has 1 N–H and O–H groups in total. The molecule has 3 heteroatoms. The molecule has 88 valence electrons. The number of aliphatic hydroxyl groups is 1. The van der Waals surface area contributed by atoms with Crippen molar-refractivity contribution < 1.29 is 14.6 Å². The largest absolute Gasteiger partial charge is 0.493 e. The van der Waals surface area contributed by atoms with Gasteiger partial charge in [0.1, 0.15) is 0 Å². The first-order valence-corrected chi connectivity index (χ1v) is 5.65. The molecular weight excluding hydrogens is 204 g/mol. The predicted octanol–water partition coefficient (Wildman–Crippen LogP) is 2.47. The highest BCUT2D eigenvalue weighted by atomic mass is 16.5. The maximum absolute atomic E-state index is 10.6. The van der Waals surface area contributed by atoms with Gasteiger partial charge in [0, 0.05) is 5.56 Å². The lowest BCUT2D eigenvalue weighted by atomic mass is 9.91. The van der Waals surface area contributed by atoms with Gasteiger partial charge >= 0.3 is 0 Å². The van der Waals surface area contributed by atoms with Crippen LogP contribution in [-0.4, -0.2) is 19.3 Å². The second kappa shape index (κ2) is 4.34. The highest BCUT2D eigenvalue weighted by molar-refractivity contribution is 5.49. The van der Waals surface area contributed by atoms with Crippen LogP contribution in [0.15, 0.2) is 18.2 Å². The van der Waals surface area contributed by atoms with Gasteiger partial charge in [0.15, 0.2) is 11.5 Å². The van der Waals surface area contributed by atoms with Gasteiger partial charge in [-0.3, -0.25) is 0 Å². The van der Waals surface area contributed by atoms with Crippen LogP contribution in [0.25, 0.3) is 0 Å². The number of ether oxygens (including phenoxy) is 2. The van der Waals surface area contributed by atoms with E-state index in [-0.39, 0.29) is 0 Å². The average molecular weight is 222 g/mol. The molecule has 2 rings (SSSR count). The lowest BCUT2D eigenvalue weighted by Crippen LogP contribution is -2.21. The standard InChI is InChI=1S/C13H18O3/c1-15-11-7-5-6-10(12(11)16-2)13(14)8-3-4-9-13/h5-7,14H,3-4,8-9H2,1-2H3. The number of para-hydroxylation sites is 1. The summed E-state index contributed by atoms with van der Waals surface area (Å²) in [7, 11) is 3.22. The molecule has 1 aromatic rings. The topological polar surface area (TPSA) is 38.7 Å². The van der Waals surface area contributed by atoms with Crippen molar-refractivity contribution in [3.63, 3.8) is 0 Å². The molecule has 1 aliphatic carbocycles. The minimum absolute atomic E-state index is 0.661. The summed E-state index contributed by atoms with van der Waals surface area (Å²) in [5, 5.41) is 10.6. The third-order valence-corrected chi connectivity index (χ3v) is 3.34. The molecule has 0 heterocycles. The highest BCUT2D eigenvalue weighted by Gasteiger charge is 2.36. The molecule has 3 nitrogen and oxygen atoms in total. The van der Waals surface area contributed by atoms with E-state index >= 15 is 0 Å². The summed E-state index contributed by atoms with van der Waals surface area (Å²) in [5.74, 6) is 1.34. The summed E-state index contributed by atoms with van der Waals surface area (Å²) in [6.07, 6.45) is 3.74. The van der Waals surface area contributed by atoms with Gasteiger partial charge < -0.3 is 14.6 Å². The molecule has 0 aliphatic heterocycles. The molecule has 0 radical (unpaired) electrons. The van der Waals surface area contributed by atoms with Crippen molar-refractivity contribution in [3.8, 4) is 11.5 Å². The maximum atomic E-state index is 10.6. The van der Waals surface area contributed by atoms with Crippen LogP contribution in [0.1, 0.15) is 31.2 Å². The van der Waals surface area contributed by atoms with Gasteiger partial charge in [-0.2, -0.15) is 0 Å². The van der Waals surface area contributed by atoms with Gasteiger partial charge in [0.05, 0.1) is 19.8 Å². The van der Waals surface area contributed by atoms with Crippen LogP contribution in [-0.2, 0) is 5.60 Å². The van der Waals surface area contributed by atoms with Crippen LogP contribution in [0, 0.1) is 0 Å². The van der Waals surface area contributed by atoms with Crippen molar-refractivity contribution in [1.82, 2.24) is 0 Å². The van der Waals surface area contributed by atoms with Crippen LogP contribution in [0.4, 0.5) is 0 Å². The third-order valence-electron chi connectivity index (χ3n) is 3.34. The monoisotopic (exact) mass is 222 g/mol. The van der Waals surface area contributed by atoms with E-state index in [0.29, 0.717) is 11.5 Å². The van der Waals surface area contributed by atoms with Gasteiger partial charge in [-0.15, -0.1) is 0 Å². The number of benzene rings is 1. The van der Waals surface area contributed by atoms with Gasteiger partial charge in [-0.05, 0) is 18.9 Å². The van der Waals surface area contributed by atoms with Crippen LogP contribution in [0.3, 0.4) is 0 Å². The fraction of sp³-hybridized carbons (Fsp3) is 0.538. The summed E-state index contributed by atoms with van der Waals surface area (Å²) in [6.45, 7) is 0. The molecule has 0 unspecified atom stereocenters. The fourth-order valence-corrected chi connectivity index (χ4v) is 2.48. The minimum Gasteiger partial charge on any atom is -0.493 e. The van der Waals surface area contributed by atoms with E-state index in [1.54, 1.807) is 14.2 Å². The normalized spacial score (nSPS) is 18.4. The van der Waals surface area contributed by atoms with E-state index in [2.05, 4.69) is 0 Å². The zero-order chi connectivity index (χ0) is 11.6. The number of hydrogen-bond acceptors (Lipinski definition) is 3. The Hall–Kier alpha value is -1.22. The summed E-state index contributed by atoms with van der Waals surface area (Å²) >= 11 is 0. The second-order valence-corrected chi connectivity index (χ2v) is 4.28. The van der Waals surface area contributed by atoms with Crippen molar-refractivity contribution in [3.05, 3.63) is 23.8 Å². The van der Waals surface area contributed by atoms with E-state index in [9.17, 15) is 5.11 Å². The first kappa shape index (κ1) is 11.3. The van der Waals surface area contributed by atoms with Gasteiger partial charge in [-0.25, -0.2) is 0 Å². The Balaban J connectivity index is 2.47. The van der Waals surface area contributed by atoms with Crippen molar-refractivity contribution in [1.29, 1.82) is 0 Å². The molecular formula is C13H18O3. The molecule has 1 saturated carbocycles. The Morgan fingerprint density at radius 1 is 1.12 bits per heavy atom. The van der Waals surface area contributed by atoms with Crippen LogP contribution < -0.4 is 9.47 Å². The van der Waals surface area contributed by atoms with E-state index in [0.717, 1.165) is 31.2 Å². The minimum atomic E-state index is -0.736. The van der Waals surface area contributed by atoms with Gasteiger partial charge in [-0.1, -0.05) is 25.0 Å². The maximum Gasteiger partial charge on any atom is 0.166 e. The summed E-state index contributed by atoms with van der Waals surface area (Å²) in [6, 6.07) is 5.67. The van der Waals surface area contributed by atoms with E-state index < -0.39 is 5.60 Å². The zero-order valence-electron chi connectivity index (χ0n) is 9.82. The third kappa shape index (κ3) is 1.76. The molecule has 1 aliphatic rings. The van der Waals surface area contributed by atoms with Crippen molar-refractivity contribution >= 4 is 0 Å². The molecule has 16 heavy (non-hydrogen) atoms. The number of rotatable bonds is 3. The predicted molar refractivity (Wildman–Crippen MR) is 61.9 cm³/mol. The highest BCUT2D eigenvalue weighted by Crippen LogP contribution is 2.45. The van der Waals surface area contributed by atoms with Crippen molar-refractivity contribution in [2.45, 2.75) is 31.3 Å². The smallest absolute Gasteiger partial charge is 0.166 e. The molecule has 0 bridgehead atoms. The van der Waals surface area contributed by atoms with Crippen LogP contribution >= 0.6 is 0 Å². The van der Waals surface area contributed by atoms with E-state index in [1.807, 2.05) is 18.2 Å². The molecule has 0 saturated heterocycles. The van der Waals surface area contributed by atoms with Crippen molar-refractivity contribution in [2.24, 2.45) is 0 Å². The average Bonchev–Trinajstić information content (AvgIpc) is 2.76. The van der Waals surface area contributed by atoms with Crippen LogP contribution in [0.5, 0.6) is 11.5 Å². The second-order valence-electron chi connectivity index (χ2n) is 4.28. The fourth-order valence-electron chi connectivity index (χ4n) is 2.48. The summed E-state index contributed by atoms with van der Waals surface area (Å²) < 4.78 is 10.6. The van der Waals surface area contributed by atoms with Gasteiger partial charge in [0.25, 0.3) is 0 Å². The Labute approximate surface area is 96.0 Å². The van der Waals surface area contributed by atoms with Gasteiger partial charge in [0.2, 0.25) is 0 Å². The van der Waals surface area contributed by atoms with Crippen LogP contribution in [0.2, 0.25) is 0 Å². The molecule has 1 fully saturated rings. The number of methoxy groups -OCH3 is 2. The SMILES string of the molecule is COc1cccc(C2(O)CCCC2)c1OC. The molecule has 0 aromatic heterocycles. The zero-order valence-corrected chi connectivity index (χ0v) is 9.82. The first-order chi connectivity index (χ1) is 7.71. The lowest BCUT2D eigenvalue weighted by molar-refractivity contribution is 0.0416. The molecule has 0 spiro atoms.